The second-order valence-electron chi connectivity index (χ2n) is 6.69. The number of halogens is 2. The Labute approximate surface area is 195 Å². The van der Waals surface area contributed by atoms with Crippen molar-refractivity contribution in [3.05, 3.63) is 76.4 Å². The Hall–Kier alpha value is -3.36. The van der Waals surface area contributed by atoms with E-state index in [9.17, 15) is 9.59 Å². The summed E-state index contributed by atoms with van der Waals surface area (Å²) >= 11 is 11.9. The van der Waals surface area contributed by atoms with Gasteiger partial charge in [-0.05, 0) is 30.3 Å². The number of aromatic nitrogens is 2. The molecule has 2 aromatic carbocycles. The third-order valence-electron chi connectivity index (χ3n) is 4.38. The first-order chi connectivity index (χ1) is 15.4. The molecule has 1 heterocycles. The predicted octanol–water partition coefficient (Wildman–Crippen LogP) is 4.15. The Morgan fingerprint density at radius 2 is 1.81 bits per heavy atom. The van der Waals surface area contributed by atoms with E-state index in [4.69, 9.17) is 32.7 Å². The van der Waals surface area contributed by atoms with E-state index in [-0.39, 0.29) is 11.7 Å². The third kappa shape index (κ3) is 6.09. The molecule has 1 aromatic heterocycles. The first-order valence-corrected chi connectivity index (χ1v) is 10.2. The van der Waals surface area contributed by atoms with Crippen LogP contribution in [0.1, 0.15) is 11.7 Å². The lowest BCUT2D eigenvalue weighted by molar-refractivity contribution is -0.153. The van der Waals surface area contributed by atoms with E-state index in [1.807, 2.05) is 0 Å². The monoisotopic (exact) mass is 474 g/mol. The first kappa shape index (κ1) is 23.3. The Balaban J connectivity index is 1.74. The van der Waals surface area contributed by atoms with Gasteiger partial charge in [0, 0.05) is 18.3 Å². The Kier molecular flexibility index (Phi) is 7.86. The zero-order valence-electron chi connectivity index (χ0n) is 17.3. The molecule has 8 nitrogen and oxygen atoms in total. The summed E-state index contributed by atoms with van der Waals surface area (Å²) in [4.78, 5) is 27.1. The van der Waals surface area contributed by atoms with Gasteiger partial charge in [-0.25, -0.2) is 0 Å². The highest BCUT2D eigenvalue weighted by Gasteiger charge is 2.26. The highest BCUT2D eigenvalue weighted by molar-refractivity contribution is 6.32. The molecule has 1 amide bonds. The molecule has 0 spiro atoms. The van der Waals surface area contributed by atoms with Crippen LogP contribution in [0.5, 0.6) is 5.75 Å². The summed E-state index contributed by atoms with van der Waals surface area (Å²) in [5.74, 6) is -0.246. The third-order valence-corrected chi connectivity index (χ3v) is 4.88. The number of benzene rings is 2. The van der Waals surface area contributed by atoms with Crippen molar-refractivity contribution in [2.24, 2.45) is 0 Å². The van der Waals surface area contributed by atoms with Gasteiger partial charge in [-0.3, -0.25) is 9.59 Å². The van der Waals surface area contributed by atoms with E-state index in [2.05, 4.69) is 15.5 Å². The molecule has 0 saturated heterocycles. The van der Waals surface area contributed by atoms with Gasteiger partial charge < -0.3 is 19.7 Å². The zero-order valence-corrected chi connectivity index (χ0v) is 18.8. The number of carbonyl (C=O) groups is 2. The van der Waals surface area contributed by atoms with Crippen LogP contribution in [0.25, 0.3) is 0 Å². The van der Waals surface area contributed by atoms with Crippen molar-refractivity contribution in [2.75, 3.05) is 30.9 Å². The van der Waals surface area contributed by atoms with Gasteiger partial charge in [-0.1, -0.05) is 53.5 Å². The number of hydrogen-bond acceptors (Lipinski definition) is 7. The topological polar surface area (TPSA) is 93.6 Å². The Bertz CT molecular complexity index is 1080. The number of methoxy groups -OCH3 is 1. The molecule has 0 saturated carbocycles. The SMILES string of the molecule is COc1ccc(NC(=O)C(OC(=O)CN(C)c2ccc(Cl)nn2)c2ccccc2)cc1Cl. The fraction of sp³-hybridized carbons (Fsp3) is 0.182. The molecule has 3 rings (SSSR count). The number of esters is 1. The lowest BCUT2D eigenvalue weighted by atomic mass is 10.1. The van der Waals surface area contributed by atoms with Crippen molar-refractivity contribution < 1.29 is 19.1 Å². The standard InChI is InChI=1S/C22H20Cl2N4O4/c1-28(19-11-10-18(24)26-27-19)13-20(29)32-21(14-6-4-3-5-7-14)22(30)25-15-8-9-17(31-2)16(23)12-15/h3-12,21H,13H2,1-2H3,(H,25,30). The first-order valence-electron chi connectivity index (χ1n) is 9.46. The van der Waals surface area contributed by atoms with E-state index < -0.39 is 18.0 Å². The highest BCUT2D eigenvalue weighted by atomic mass is 35.5. The van der Waals surface area contributed by atoms with Crippen molar-refractivity contribution >= 4 is 46.6 Å². The molecule has 0 bridgehead atoms. The average molecular weight is 475 g/mol. The maximum Gasteiger partial charge on any atom is 0.326 e. The summed E-state index contributed by atoms with van der Waals surface area (Å²) in [6.45, 7) is -0.151. The van der Waals surface area contributed by atoms with E-state index in [0.29, 0.717) is 27.8 Å². The molecule has 10 heteroatoms. The summed E-state index contributed by atoms with van der Waals surface area (Å²) in [6.07, 6.45) is -1.17. The number of anilines is 2. The minimum Gasteiger partial charge on any atom is -0.495 e. The summed E-state index contributed by atoms with van der Waals surface area (Å²) in [5, 5.41) is 11.0. The zero-order chi connectivity index (χ0) is 23.1. The Morgan fingerprint density at radius 1 is 1.06 bits per heavy atom. The average Bonchev–Trinajstić information content (AvgIpc) is 2.78. The number of amides is 1. The van der Waals surface area contributed by atoms with Crippen LogP contribution in [0.4, 0.5) is 11.5 Å². The molecule has 1 atom stereocenters. The van der Waals surface area contributed by atoms with Gasteiger partial charge in [0.15, 0.2) is 11.0 Å². The molecular weight excluding hydrogens is 455 g/mol. The fourth-order valence-electron chi connectivity index (χ4n) is 2.81. The molecule has 3 aromatic rings. The number of nitrogens with one attached hydrogen (secondary N) is 1. The number of carbonyl (C=O) groups excluding carboxylic acids is 2. The summed E-state index contributed by atoms with van der Waals surface area (Å²) in [6, 6.07) is 16.7. The van der Waals surface area contributed by atoms with Crippen molar-refractivity contribution in [1.82, 2.24) is 10.2 Å². The number of nitrogens with zero attached hydrogens (tertiary/aromatic N) is 3. The predicted molar refractivity (Wildman–Crippen MR) is 122 cm³/mol. The maximum absolute atomic E-state index is 13.0. The minimum atomic E-state index is -1.17. The molecule has 1 unspecified atom stereocenters. The lowest BCUT2D eigenvalue weighted by Gasteiger charge is -2.21. The van der Waals surface area contributed by atoms with E-state index >= 15 is 0 Å². The molecule has 32 heavy (non-hydrogen) atoms. The van der Waals surface area contributed by atoms with Crippen molar-refractivity contribution in [3.63, 3.8) is 0 Å². The van der Waals surface area contributed by atoms with E-state index in [0.717, 1.165) is 0 Å². The largest absolute Gasteiger partial charge is 0.495 e. The van der Waals surface area contributed by atoms with Crippen molar-refractivity contribution in [2.45, 2.75) is 6.10 Å². The lowest BCUT2D eigenvalue weighted by Crippen LogP contribution is -2.32. The molecular formula is C22H20Cl2N4O4. The van der Waals surface area contributed by atoms with Gasteiger partial charge in [0.1, 0.15) is 12.3 Å². The van der Waals surface area contributed by atoms with E-state index in [1.54, 1.807) is 67.7 Å². The van der Waals surface area contributed by atoms with Crippen LogP contribution < -0.4 is 15.0 Å². The number of ether oxygens (including phenoxy) is 2. The molecule has 0 fully saturated rings. The molecule has 1 N–H and O–H groups in total. The maximum atomic E-state index is 13.0. The number of hydrogen-bond donors (Lipinski definition) is 1. The normalized spacial score (nSPS) is 11.4. The summed E-state index contributed by atoms with van der Waals surface area (Å²) < 4.78 is 10.7. The van der Waals surface area contributed by atoms with Gasteiger partial charge in [-0.2, -0.15) is 0 Å². The van der Waals surface area contributed by atoms with Gasteiger partial charge in [0.05, 0.1) is 12.1 Å². The summed E-state index contributed by atoms with van der Waals surface area (Å²) in [7, 11) is 3.15. The van der Waals surface area contributed by atoms with Gasteiger partial charge in [0.2, 0.25) is 6.10 Å². The molecule has 0 radical (unpaired) electrons. The van der Waals surface area contributed by atoms with Gasteiger partial charge in [-0.15, -0.1) is 10.2 Å². The van der Waals surface area contributed by atoms with Crippen molar-refractivity contribution in [1.29, 1.82) is 0 Å². The fourth-order valence-corrected chi connectivity index (χ4v) is 3.17. The Morgan fingerprint density at radius 3 is 2.44 bits per heavy atom. The quantitative estimate of drug-likeness (QED) is 0.490. The van der Waals surface area contributed by atoms with Crippen LogP contribution in [0.2, 0.25) is 10.2 Å². The highest BCUT2D eigenvalue weighted by Crippen LogP contribution is 2.28. The van der Waals surface area contributed by atoms with Crippen molar-refractivity contribution in [3.8, 4) is 5.75 Å². The van der Waals surface area contributed by atoms with Crippen LogP contribution in [0, 0.1) is 0 Å². The number of likely N-dealkylation sites (N-methyl/N-ethyl adjacent to an activating group) is 1. The second-order valence-corrected chi connectivity index (χ2v) is 7.48. The molecule has 0 aliphatic carbocycles. The molecule has 0 aliphatic rings. The van der Waals surface area contributed by atoms with Crippen LogP contribution in [-0.4, -0.2) is 42.8 Å². The summed E-state index contributed by atoms with van der Waals surface area (Å²) in [5.41, 5.74) is 0.957. The second kappa shape index (κ2) is 10.8. The number of rotatable bonds is 8. The van der Waals surface area contributed by atoms with Gasteiger partial charge in [0.25, 0.3) is 5.91 Å². The van der Waals surface area contributed by atoms with Crippen LogP contribution in [0.3, 0.4) is 0 Å². The van der Waals surface area contributed by atoms with Crippen LogP contribution >= 0.6 is 23.2 Å². The van der Waals surface area contributed by atoms with Gasteiger partial charge >= 0.3 is 5.97 Å². The van der Waals surface area contributed by atoms with Crippen LogP contribution in [0.15, 0.2) is 60.7 Å². The van der Waals surface area contributed by atoms with E-state index in [1.165, 1.54) is 12.0 Å². The van der Waals surface area contributed by atoms with Crippen LogP contribution in [-0.2, 0) is 14.3 Å². The molecule has 166 valence electrons. The smallest absolute Gasteiger partial charge is 0.326 e. The molecule has 0 aliphatic heterocycles. The minimum absolute atomic E-state index is 0.151.